The normalized spacial score (nSPS) is 24.4. The van der Waals surface area contributed by atoms with E-state index in [2.05, 4.69) is 22.9 Å². The predicted molar refractivity (Wildman–Crippen MR) is 67.5 cm³/mol. The second-order valence-electron chi connectivity index (χ2n) is 4.70. The number of pyridine rings is 1. The second kappa shape index (κ2) is 5.15. The molecule has 4 heteroatoms. The van der Waals surface area contributed by atoms with Crippen molar-refractivity contribution in [3.05, 3.63) is 23.9 Å². The van der Waals surface area contributed by atoms with E-state index in [4.69, 9.17) is 11.0 Å². The Morgan fingerprint density at radius 3 is 3.12 bits per heavy atom. The first-order valence-electron chi connectivity index (χ1n) is 6.06. The highest BCUT2D eigenvalue weighted by Crippen LogP contribution is 2.25. The molecule has 2 rings (SSSR count). The van der Waals surface area contributed by atoms with Crippen LogP contribution in [0.4, 0.5) is 5.82 Å². The van der Waals surface area contributed by atoms with Crippen LogP contribution in [0.3, 0.4) is 0 Å². The van der Waals surface area contributed by atoms with Crippen molar-refractivity contribution in [3.63, 3.8) is 0 Å². The summed E-state index contributed by atoms with van der Waals surface area (Å²) in [6.07, 6.45) is 1.14. The largest absolute Gasteiger partial charge is 0.356 e. The van der Waals surface area contributed by atoms with Crippen LogP contribution < -0.4 is 10.6 Å². The molecular weight excluding hydrogens is 212 g/mol. The number of nitriles is 1. The minimum absolute atomic E-state index is 0.477. The number of hydrogen-bond donors (Lipinski definition) is 1. The summed E-state index contributed by atoms with van der Waals surface area (Å²) in [6.45, 7) is 4.92. The zero-order valence-corrected chi connectivity index (χ0v) is 10.1. The Bertz CT molecular complexity index is 424. The van der Waals surface area contributed by atoms with Gasteiger partial charge in [-0.25, -0.2) is 4.98 Å². The number of anilines is 1. The zero-order chi connectivity index (χ0) is 12.3. The van der Waals surface area contributed by atoms with E-state index in [1.165, 1.54) is 0 Å². The molecule has 0 amide bonds. The standard InChI is InChI=1S/C13H18N4/c1-10-5-6-17(9-11(10)7-14)13-4-2-3-12(8-15)16-13/h2-4,10-11H,5-7,9,14H2,1H3. The number of piperidine rings is 1. The molecule has 2 unspecified atom stereocenters. The average Bonchev–Trinajstić information content (AvgIpc) is 2.39. The molecule has 0 radical (unpaired) electrons. The van der Waals surface area contributed by atoms with Crippen molar-refractivity contribution in [3.8, 4) is 6.07 Å². The summed E-state index contributed by atoms with van der Waals surface area (Å²) in [7, 11) is 0. The van der Waals surface area contributed by atoms with Crippen molar-refractivity contribution < 1.29 is 0 Å². The highest BCUT2D eigenvalue weighted by Gasteiger charge is 2.25. The van der Waals surface area contributed by atoms with E-state index in [1.54, 1.807) is 6.07 Å². The van der Waals surface area contributed by atoms with Crippen LogP contribution in [0.15, 0.2) is 18.2 Å². The zero-order valence-electron chi connectivity index (χ0n) is 10.1. The van der Waals surface area contributed by atoms with Gasteiger partial charge in [-0.15, -0.1) is 0 Å². The number of nitrogens with two attached hydrogens (primary N) is 1. The molecule has 0 aromatic carbocycles. The molecular formula is C13H18N4. The Labute approximate surface area is 102 Å². The monoisotopic (exact) mass is 230 g/mol. The molecule has 90 valence electrons. The average molecular weight is 230 g/mol. The maximum Gasteiger partial charge on any atom is 0.142 e. The molecule has 4 nitrogen and oxygen atoms in total. The van der Waals surface area contributed by atoms with Gasteiger partial charge < -0.3 is 10.6 Å². The summed E-state index contributed by atoms with van der Waals surface area (Å²) < 4.78 is 0. The van der Waals surface area contributed by atoms with Crippen molar-refractivity contribution in [2.75, 3.05) is 24.5 Å². The molecule has 1 aromatic rings. The molecule has 1 aliphatic heterocycles. The van der Waals surface area contributed by atoms with Gasteiger partial charge in [0, 0.05) is 13.1 Å². The summed E-state index contributed by atoms with van der Waals surface area (Å²) in [5, 5.41) is 8.85. The lowest BCUT2D eigenvalue weighted by Crippen LogP contribution is -2.43. The highest BCUT2D eigenvalue weighted by atomic mass is 15.2. The molecule has 0 aliphatic carbocycles. The van der Waals surface area contributed by atoms with Crippen molar-refractivity contribution >= 4 is 5.82 Å². The SMILES string of the molecule is CC1CCN(c2cccc(C#N)n2)CC1CN. The van der Waals surface area contributed by atoms with E-state index in [1.807, 2.05) is 12.1 Å². The van der Waals surface area contributed by atoms with Crippen LogP contribution in [0, 0.1) is 23.2 Å². The van der Waals surface area contributed by atoms with Gasteiger partial charge in [0.25, 0.3) is 0 Å². The van der Waals surface area contributed by atoms with Gasteiger partial charge in [-0.2, -0.15) is 5.26 Å². The molecule has 2 atom stereocenters. The van der Waals surface area contributed by atoms with E-state index in [9.17, 15) is 0 Å². The quantitative estimate of drug-likeness (QED) is 0.833. The molecule has 1 fully saturated rings. The molecule has 1 aromatic heterocycles. The molecule has 1 saturated heterocycles. The van der Waals surface area contributed by atoms with Crippen molar-refractivity contribution in [1.29, 1.82) is 5.26 Å². The number of aromatic nitrogens is 1. The smallest absolute Gasteiger partial charge is 0.142 e. The first-order valence-corrected chi connectivity index (χ1v) is 6.06. The molecule has 0 bridgehead atoms. The first kappa shape index (κ1) is 11.9. The van der Waals surface area contributed by atoms with Crippen molar-refractivity contribution in [1.82, 2.24) is 4.98 Å². The summed E-state index contributed by atoms with van der Waals surface area (Å²) >= 11 is 0. The number of hydrogen-bond acceptors (Lipinski definition) is 4. The van der Waals surface area contributed by atoms with Crippen LogP contribution in [0.1, 0.15) is 19.0 Å². The van der Waals surface area contributed by atoms with Crippen LogP contribution in [0.2, 0.25) is 0 Å². The van der Waals surface area contributed by atoms with E-state index in [-0.39, 0.29) is 0 Å². The predicted octanol–water partition coefficient (Wildman–Crippen LogP) is 1.37. The van der Waals surface area contributed by atoms with Crippen LogP contribution in [0.5, 0.6) is 0 Å². The lowest BCUT2D eigenvalue weighted by Gasteiger charge is -2.37. The third-order valence-electron chi connectivity index (χ3n) is 3.59. The number of rotatable bonds is 2. The Morgan fingerprint density at radius 2 is 2.41 bits per heavy atom. The second-order valence-corrected chi connectivity index (χ2v) is 4.70. The lowest BCUT2D eigenvalue weighted by atomic mass is 9.87. The summed E-state index contributed by atoms with van der Waals surface area (Å²) in [4.78, 5) is 6.57. The Balaban J connectivity index is 2.15. The van der Waals surface area contributed by atoms with Crippen LogP contribution >= 0.6 is 0 Å². The summed E-state index contributed by atoms with van der Waals surface area (Å²) in [5.74, 6) is 2.10. The number of nitrogens with zero attached hydrogens (tertiary/aromatic N) is 3. The fourth-order valence-electron chi connectivity index (χ4n) is 2.33. The maximum atomic E-state index is 8.85. The topological polar surface area (TPSA) is 65.9 Å². The fourth-order valence-corrected chi connectivity index (χ4v) is 2.33. The van der Waals surface area contributed by atoms with Gasteiger partial charge in [-0.05, 0) is 36.9 Å². The van der Waals surface area contributed by atoms with Gasteiger partial charge in [0.2, 0.25) is 0 Å². The molecule has 2 heterocycles. The third-order valence-corrected chi connectivity index (χ3v) is 3.59. The molecule has 0 spiro atoms. The van der Waals surface area contributed by atoms with E-state index >= 15 is 0 Å². The maximum absolute atomic E-state index is 8.85. The van der Waals surface area contributed by atoms with Crippen LogP contribution in [-0.4, -0.2) is 24.6 Å². The molecule has 0 saturated carbocycles. The molecule has 2 N–H and O–H groups in total. The van der Waals surface area contributed by atoms with Gasteiger partial charge in [-0.1, -0.05) is 13.0 Å². The Morgan fingerprint density at radius 1 is 1.59 bits per heavy atom. The van der Waals surface area contributed by atoms with Gasteiger partial charge >= 0.3 is 0 Å². The minimum Gasteiger partial charge on any atom is -0.356 e. The Kier molecular flexibility index (Phi) is 3.60. The van der Waals surface area contributed by atoms with Crippen molar-refractivity contribution in [2.45, 2.75) is 13.3 Å². The minimum atomic E-state index is 0.477. The fraction of sp³-hybridized carbons (Fsp3) is 0.538. The van der Waals surface area contributed by atoms with E-state index in [0.717, 1.165) is 31.9 Å². The van der Waals surface area contributed by atoms with Gasteiger partial charge in [0.15, 0.2) is 0 Å². The molecule has 17 heavy (non-hydrogen) atoms. The van der Waals surface area contributed by atoms with Gasteiger partial charge in [0.05, 0.1) is 0 Å². The highest BCUT2D eigenvalue weighted by molar-refractivity contribution is 5.42. The summed E-state index contributed by atoms with van der Waals surface area (Å²) in [5.41, 5.74) is 6.27. The van der Waals surface area contributed by atoms with Crippen molar-refractivity contribution in [2.24, 2.45) is 17.6 Å². The van der Waals surface area contributed by atoms with Gasteiger partial charge in [-0.3, -0.25) is 0 Å². The van der Waals surface area contributed by atoms with E-state index < -0.39 is 0 Å². The van der Waals surface area contributed by atoms with E-state index in [0.29, 0.717) is 17.5 Å². The van der Waals surface area contributed by atoms with Crippen LogP contribution in [0.25, 0.3) is 0 Å². The lowest BCUT2D eigenvalue weighted by molar-refractivity contribution is 0.307. The van der Waals surface area contributed by atoms with Gasteiger partial charge in [0.1, 0.15) is 17.6 Å². The molecule has 1 aliphatic rings. The van der Waals surface area contributed by atoms with Crippen LogP contribution in [-0.2, 0) is 0 Å². The third kappa shape index (κ3) is 2.56. The Hall–Kier alpha value is -1.60. The first-order chi connectivity index (χ1) is 8.24. The summed E-state index contributed by atoms with van der Waals surface area (Å²) in [6, 6.07) is 7.66.